The maximum atomic E-state index is 13.3. The van der Waals surface area contributed by atoms with Crippen molar-refractivity contribution >= 4 is 27.7 Å². The summed E-state index contributed by atoms with van der Waals surface area (Å²) in [7, 11) is 0. The van der Waals surface area contributed by atoms with Crippen LogP contribution in [0.2, 0.25) is 0 Å². The van der Waals surface area contributed by atoms with Crippen LogP contribution in [0.5, 0.6) is 0 Å². The van der Waals surface area contributed by atoms with E-state index in [-0.39, 0.29) is 23.3 Å². The van der Waals surface area contributed by atoms with Crippen molar-refractivity contribution in [3.8, 4) is 0 Å². The maximum absolute atomic E-state index is 13.3. The van der Waals surface area contributed by atoms with Gasteiger partial charge in [-0.15, -0.1) is 0 Å². The molecule has 0 heterocycles. The van der Waals surface area contributed by atoms with Crippen LogP contribution in [0.3, 0.4) is 0 Å². The van der Waals surface area contributed by atoms with Crippen LogP contribution < -0.4 is 5.32 Å². The van der Waals surface area contributed by atoms with Crippen molar-refractivity contribution in [2.24, 2.45) is 0 Å². The lowest BCUT2D eigenvalue weighted by Gasteiger charge is -2.30. The van der Waals surface area contributed by atoms with Gasteiger partial charge in [-0.3, -0.25) is 9.59 Å². The lowest BCUT2D eigenvalue weighted by Crippen LogP contribution is -2.49. The number of nitrogens with zero attached hydrogens (tertiary/aromatic N) is 1. The molecule has 0 aromatic heterocycles. The molecule has 2 aromatic rings. The monoisotopic (exact) mass is 512 g/mol. The van der Waals surface area contributed by atoms with Gasteiger partial charge < -0.3 is 10.2 Å². The summed E-state index contributed by atoms with van der Waals surface area (Å²) in [6.45, 7) is 8.86. The van der Waals surface area contributed by atoms with E-state index in [4.69, 9.17) is 0 Å². The molecule has 178 valence electrons. The predicted octanol–water partition coefficient (Wildman–Crippen LogP) is 6.16. The second-order valence-electron chi connectivity index (χ2n) is 10.3. The van der Waals surface area contributed by atoms with Gasteiger partial charge >= 0.3 is 0 Å². The predicted molar refractivity (Wildman–Crippen MR) is 138 cm³/mol. The smallest absolute Gasteiger partial charge is 0.242 e. The van der Waals surface area contributed by atoms with E-state index in [1.54, 1.807) is 4.90 Å². The van der Waals surface area contributed by atoms with Crippen LogP contribution in [0.1, 0.15) is 76.5 Å². The zero-order valence-electron chi connectivity index (χ0n) is 20.4. The van der Waals surface area contributed by atoms with Crippen molar-refractivity contribution in [3.63, 3.8) is 0 Å². The number of amides is 2. The minimum absolute atomic E-state index is 0.00365. The molecule has 0 bridgehead atoms. The Morgan fingerprint density at radius 1 is 1.06 bits per heavy atom. The minimum Gasteiger partial charge on any atom is -0.352 e. The molecule has 1 N–H and O–H groups in total. The second kappa shape index (κ2) is 11.3. The zero-order valence-corrected chi connectivity index (χ0v) is 22.0. The number of hydrogen-bond acceptors (Lipinski definition) is 2. The van der Waals surface area contributed by atoms with Crippen LogP contribution in [0, 0.1) is 0 Å². The van der Waals surface area contributed by atoms with Gasteiger partial charge in [0.2, 0.25) is 11.8 Å². The minimum atomic E-state index is -0.514. The molecule has 4 nitrogen and oxygen atoms in total. The van der Waals surface area contributed by atoms with Crippen molar-refractivity contribution < 1.29 is 9.59 Å². The molecule has 0 radical (unpaired) electrons. The Kier molecular flexibility index (Phi) is 8.75. The number of hydrogen-bond donors (Lipinski definition) is 1. The first-order chi connectivity index (χ1) is 15.6. The van der Waals surface area contributed by atoms with Crippen LogP contribution in [0.25, 0.3) is 0 Å². The van der Waals surface area contributed by atoms with Gasteiger partial charge in [-0.25, -0.2) is 0 Å². The summed E-state index contributed by atoms with van der Waals surface area (Å²) in [5, 5.41) is 3.16. The Morgan fingerprint density at radius 3 is 2.33 bits per heavy atom. The SMILES string of the molecule is CC(C(=O)NC1CCCC1)N(Cc1cccc(Br)c1)C(=O)CCc1ccc(C(C)(C)C)cc1. The summed E-state index contributed by atoms with van der Waals surface area (Å²) in [4.78, 5) is 28.1. The van der Waals surface area contributed by atoms with Gasteiger partial charge in [-0.05, 0) is 60.4 Å². The van der Waals surface area contributed by atoms with E-state index in [0.29, 0.717) is 19.4 Å². The van der Waals surface area contributed by atoms with Gasteiger partial charge in [0.1, 0.15) is 6.04 Å². The molecule has 1 aliphatic carbocycles. The lowest BCUT2D eigenvalue weighted by atomic mass is 9.86. The van der Waals surface area contributed by atoms with Crippen LogP contribution in [0.15, 0.2) is 53.0 Å². The van der Waals surface area contributed by atoms with Gasteiger partial charge in [-0.1, -0.05) is 85.9 Å². The Labute approximate surface area is 207 Å². The van der Waals surface area contributed by atoms with Gasteiger partial charge in [0.15, 0.2) is 0 Å². The largest absolute Gasteiger partial charge is 0.352 e. The number of carbonyl (C=O) groups excluding carboxylic acids is 2. The molecule has 3 rings (SSSR count). The highest BCUT2D eigenvalue weighted by atomic mass is 79.9. The summed E-state index contributed by atoms with van der Waals surface area (Å²) < 4.78 is 0.967. The van der Waals surface area contributed by atoms with E-state index >= 15 is 0 Å². The van der Waals surface area contributed by atoms with E-state index in [2.05, 4.69) is 66.3 Å². The Morgan fingerprint density at radius 2 is 1.73 bits per heavy atom. The second-order valence-corrected chi connectivity index (χ2v) is 11.2. The Balaban J connectivity index is 1.70. The van der Waals surface area contributed by atoms with Gasteiger partial charge in [-0.2, -0.15) is 0 Å². The van der Waals surface area contributed by atoms with E-state index in [9.17, 15) is 9.59 Å². The van der Waals surface area contributed by atoms with Crippen LogP contribution in [-0.4, -0.2) is 28.8 Å². The molecule has 1 fully saturated rings. The fourth-order valence-corrected chi connectivity index (χ4v) is 4.82. The lowest BCUT2D eigenvalue weighted by molar-refractivity contribution is -0.140. The number of carbonyl (C=O) groups is 2. The van der Waals surface area contributed by atoms with Crippen molar-refractivity contribution in [1.29, 1.82) is 0 Å². The van der Waals surface area contributed by atoms with E-state index in [1.807, 2.05) is 31.2 Å². The van der Waals surface area contributed by atoms with E-state index in [1.165, 1.54) is 5.56 Å². The van der Waals surface area contributed by atoms with Crippen LogP contribution in [-0.2, 0) is 28.0 Å². The first-order valence-electron chi connectivity index (χ1n) is 12.1. The molecule has 2 amide bonds. The molecular formula is C28H37BrN2O2. The summed E-state index contributed by atoms with van der Waals surface area (Å²) in [5.74, 6) is -0.0521. The normalized spacial score (nSPS) is 15.3. The zero-order chi connectivity index (χ0) is 24.0. The molecular weight excluding hydrogens is 476 g/mol. The van der Waals surface area contributed by atoms with Crippen molar-refractivity contribution in [1.82, 2.24) is 10.2 Å². The van der Waals surface area contributed by atoms with Gasteiger partial charge in [0.25, 0.3) is 0 Å². The quantitative estimate of drug-likeness (QED) is 0.460. The van der Waals surface area contributed by atoms with Crippen molar-refractivity contribution in [2.75, 3.05) is 0 Å². The van der Waals surface area contributed by atoms with Crippen molar-refractivity contribution in [3.05, 3.63) is 69.7 Å². The molecule has 2 aromatic carbocycles. The van der Waals surface area contributed by atoms with E-state index in [0.717, 1.165) is 41.3 Å². The number of aryl methyl sites for hydroxylation is 1. The first-order valence-corrected chi connectivity index (χ1v) is 12.9. The molecule has 1 aliphatic rings. The molecule has 33 heavy (non-hydrogen) atoms. The molecule has 0 aliphatic heterocycles. The third kappa shape index (κ3) is 7.43. The third-order valence-electron chi connectivity index (χ3n) is 6.56. The summed E-state index contributed by atoms with van der Waals surface area (Å²) >= 11 is 3.51. The van der Waals surface area contributed by atoms with E-state index < -0.39 is 6.04 Å². The highest BCUT2D eigenvalue weighted by Gasteiger charge is 2.28. The van der Waals surface area contributed by atoms with Crippen LogP contribution >= 0.6 is 15.9 Å². The van der Waals surface area contributed by atoms with Crippen molar-refractivity contribution in [2.45, 2.75) is 90.3 Å². The summed E-state index contributed by atoms with van der Waals surface area (Å²) in [6.07, 6.45) is 5.42. The number of nitrogens with one attached hydrogen (secondary N) is 1. The molecule has 1 atom stereocenters. The fraction of sp³-hybridized carbons (Fsp3) is 0.500. The number of rotatable bonds is 8. The molecule has 0 saturated heterocycles. The standard InChI is InChI=1S/C28H37BrN2O2/c1-20(27(33)30-25-10-5-6-11-25)31(19-22-8-7-9-24(29)18-22)26(32)17-14-21-12-15-23(16-13-21)28(2,3)4/h7-9,12-13,15-16,18,20,25H,5-6,10-11,14,17,19H2,1-4H3,(H,30,33). The Hall–Kier alpha value is -2.14. The summed E-state index contributed by atoms with van der Waals surface area (Å²) in [6, 6.07) is 16.2. The molecule has 1 saturated carbocycles. The molecule has 1 unspecified atom stereocenters. The molecule has 0 spiro atoms. The highest BCUT2D eigenvalue weighted by molar-refractivity contribution is 9.10. The average molecular weight is 514 g/mol. The third-order valence-corrected chi connectivity index (χ3v) is 7.05. The average Bonchev–Trinajstić information content (AvgIpc) is 3.28. The topological polar surface area (TPSA) is 49.4 Å². The molecule has 5 heteroatoms. The number of halogens is 1. The van der Waals surface area contributed by atoms with Gasteiger partial charge in [0.05, 0.1) is 0 Å². The fourth-order valence-electron chi connectivity index (χ4n) is 4.37. The maximum Gasteiger partial charge on any atom is 0.242 e. The first kappa shape index (κ1) is 25.5. The summed E-state index contributed by atoms with van der Waals surface area (Å²) in [5.41, 5.74) is 3.54. The van der Waals surface area contributed by atoms with Gasteiger partial charge in [0, 0.05) is 23.5 Å². The Bertz CT molecular complexity index is 943. The highest BCUT2D eigenvalue weighted by Crippen LogP contribution is 2.23. The van der Waals surface area contributed by atoms with Crippen LogP contribution in [0.4, 0.5) is 0 Å². The number of benzene rings is 2.